The molecule has 178 valence electrons. The summed E-state index contributed by atoms with van der Waals surface area (Å²) in [6.45, 7) is 2.14. The number of nitrogens with one attached hydrogen (secondary N) is 1. The van der Waals surface area contributed by atoms with Crippen molar-refractivity contribution in [1.82, 2.24) is 19.7 Å². The lowest BCUT2D eigenvalue weighted by Gasteiger charge is -2.25. The van der Waals surface area contributed by atoms with E-state index < -0.39 is 0 Å². The number of aryl methyl sites for hydroxylation is 1. The predicted octanol–water partition coefficient (Wildman–Crippen LogP) is 3.55. The average Bonchev–Trinajstić information content (AvgIpc) is 3.18. The molecule has 0 unspecified atom stereocenters. The Bertz CT molecular complexity index is 1370. The van der Waals surface area contributed by atoms with Crippen molar-refractivity contribution in [3.8, 4) is 0 Å². The molecule has 2 aromatic heterocycles. The van der Waals surface area contributed by atoms with Gasteiger partial charge < -0.3 is 15.0 Å². The largest absolute Gasteiger partial charge is 0.379 e. The standard InChI is InChI=1S/C27H27N5O3/c1-31-12-10-25(30-31)26(33)29-24-7-3-2-6-22(24)27(34)32-13-14-35-18-20(17-32)15-19-8-9-23-21(16-19)5-4-11-28-23/h2-12,16,20H,13-15,17-18H2,1H3,(H,29,33)/t20-/m0/s1. The monoisotopic (exact) mass is 469 g/mol. The molecular formula is C27H27N5O3. The van der Waals surface area contributed by atoms with Crippen LogP contribution in [0.1, 0.15) is 26.4 Å². The van der Waals surface area contributed by atoms with Crippen molar-refractivity contribution < 1.29 is 14.3 Å². The fraction of sp³-hybridized carbons (Fsp3) is 0.259. The van der Waals surface area contributed by atoms with Gasteiger partial charge in [-0.1, -0.05) is 24.3 Å². The zero-order chi connectivity index (χ0) is 24.2. The van der Waals surface area contributed by atoms with Crippen LogP contribution in [0.4, 0.5) is 5.69 Å². The summed E-state index contributed by atoms with van der Waals surface area (Å²) in [5, 5.41) is 8.09. The fourth-order valence-corrected chi connectivity index (χ4v) is 4.45. The molecule has 1 saturated heterocycles. The number of carbonyl (C=O) groups excluding carboxylic acids is 2. The molecule has 0 radical (unpaired) electrons. The number of hydrogen-bond donors (Lipinski definition) is 1. The lowest BCUT2D eigenvalue weighted by molar-refractivity contribution is 0.0738. The molecule has 0 saturated carbocycles. The van der Waals surface area contributed by atoms with Gasteiger partial charge in [0.2, 0.25) is 0 Å². The first-order valence-corrected chi connectivity index (χ1v) is 11.7. The van der Waals surface area contributed by atoms with E-state index in [-0.39, 0.29) is 17.7 Å². The molecule has 4 aromatic rings. The summed E-state index contributed by atoms with van der Waals surface area (Å²) in [5.41, 5.74) is 3.38. The van der Waals surface area contributed by atoms with Crippen molar-refractivity contribution in [3.05, 3.63) is 89.9 Å². The van der Waals surface area contributed by atoms with Gasteiger partial charge in [0.25, 0.3) is 11.8 Å². The Hall–Kier alpha value is -4.04. The van der Waals surface area contributed by atoms with E-state index in [2.05, 4.69) is 33.6 Å². The maximum absolute atomic E-state index is 13.6. The summed E-state index contributed by atoms with van der Waals surface area (Å²) in [5.74, 6) is -0.320. The molecule has 0 aliphatic carbocycles. The number of pyridine rings is 1. The molecule has 35 heavy (non-hydrogen) atoms. The summed E-state index contributed by atoms with van der Waals surface area (Å²) in [6, 6.07) is 19.0. The fourth-order valence-electron chi connectivity index (χ4n) is 4.45. The van der Waals surface area contributed by atoms with E-state index in [1.807, 2.05) is 17.0 Å². The third-order valence-electron chi connectivity index (χ3n) is 6.17. The highest BCUT2D eigenvalue weighted by molar-refractivity contribution is 6.08. The van der Waals surface area contributed by atoms with Gasteiger partial charge in [-0.3, -0.25) is 19.3 Å². The minimum atomic E-state index is -0.353. The normalized spacial score (nSPS) is 16.1. The van der Waals surface area contributed by atoms with Crippen LogP contribution in [0.15, 0.2) is 73.1 Å². The molecule has 8 heteroatoms. The number of anilines is 1. The van der Waals surface area contributed by atoms with Crippen molar-refractivity contribution >= 4 is 28.4 Å². The highest BCUT2D eigenvalue weighted by Gasteiger charge is 2.26. The van der Waals surface area contributed by atoms with Crippen molar-refractivity contribution in [3.63, 3.8) is 0 Å². The second-order valence-electron chi connectivity index (χ2n) is 8.80. The highest BCUT2D eigenvalue weighted by Crippen LogP contribution is 2.22. The lowest BCUT2D eigenvalue weighted by Crippen LogP contribution is -2.37. The summed E-state index contributed by atoms with van der Waals surface area (Å²) in [7, 11) is 1.75. The summed E-state index contributed by atoms with van der Waals surface area (Å²) >= 11 is 0. The van der Waals surface area contributed by atoms with E-state index >= 15 is 0 Å². The topological polar surface area (TPSA) is 89.4 Å². The highest BCUT2D eigenvalue weighted by atomic mass is 16.5. The number of para-hydroxylation sites is 1. The molecule has 1 N–H and O–H groups in total. The zero-order valence-electron chi connectivity index (χ0n) is 19.6. The number of ether oxygens (including phenoxy) is 1. The molecule has 0 spiro atoms. The summed E-state index contributed by atoms with van der Waals surface area (Å²) in [4.78, 5) is 32.4. The Morgan fingerprint density at radius 2 is 2.00 bits per heavy atom. The Morgan fingerprint density at radius 1 is 1.11 bits per heavy atom. The zero-order valence-corrected chi connectivity index (χ0v) is 19.6. The van der Waals surface area contributed by atoms with Crippen LogP contribution in [0.3, 0.4) is 0 Å². The molecule has 0 bridgehead atoms. The molecule has 1 atom stereocenters. The van der Waals surface area contributed by atoms with Gasteiger partial charge in [0.15, 0.2) is 5.69 Å². The van der Waals surface area contributed by atoms with E-state index in [0.29, 0.717) is 43.2 Å². The van der Waals surface area contributed by atoms with E-state index in [0.717, 1.165) is 17.3 Å². The number of nitrogens with zero attached hydrogens (tertiary/aromatic N) is 4. The molecular weight excluding hydrogens is 442 g/mol. The van der Waals surface area contributed by atoms with Crippen molar-refractivity contribution in [2.75, 3.05) is 31.6 Å². The Morgan fingerprint density at radius 3 is 2.86 bits per heavy atom. The first kappa shape index (κ1) is 22.7. The number of benzene rings is 2. The summed E-state index contributed by atoms with van der Waals surface area (Å²) in [6.07, 6.45) is 4.29. The van der Waals surface area contributed by atoms with Crippen molar-refractivity contribution in [1.29, 1.82) is 0 Å². The summed E-state index contributed by atoms with van der Waals surface area (Å²) < 4.78 is 7.42. The molecule has 1 aliphatic heterocycles. The molecule has 2 amide bonds. The molecule has 8 nitrogen and oxygen atoms in total. The van der Waals surface area contributed by atoms with E-state index in [9.17, 15) is 9.59 Å². The van der Waals surface area contributed by atoms with Gasteiger partial charge in [-0.25, -0.2) is 0 Å². The first-order valence-electron chi connectivity index (χ1n) is 11.7. The van der Waals surface area contributed by atoms with Crippen LogP contribution in [-0.4, -0.2) is 57.8 Å². The quantitative estimate of drug-likeness (QED) is 0.483. The average molecular weight is 470 g/mol. The number of amides is 2. The second kappa shape index (κ2) is 10.1. The molecule has 3 heterocycles. The van der Waals surface area contributed by atoms with Crippen molar-refractivity contribution in [2.24, 2.45) is 13.0 Å². The lowest BCUT2D eigenvalue weighted by atomic mass is 9.98. The van der Waals surface area contributed by atoms with Gasteiger partial charge >= 0.3 is 0 Å². The van der Waals surface area contributed by atoms with Gasteiger partial charge in [-0.05, 0) is 48.4 Å². The number of hydrogen-bond acceptors (Lipinski definition) is 5. The van der Waals surface area contributed by atoms with Crippen LogP contribution in [0.5, 0.6) is 0 Å². The van der Waals surface area contributed by atoms with E-state index in [1.54, 1.807) is 54.5 Å². The van der Waals surface area contributed by atoms with Gasteiger partial charge in [0, 0.05) is 43.8 Å². The van der Waals surface area contributed by atoms with E-state index in [4.69, 9.17) is 4.74 Å². The first-order chi connectivity index (χ1) is 17.1. The van der Waals surface area contributed by atoms with Crippen molar-refractivity contribution in [2.45, 2.75) is 6.42 Å². The Balaban J connectivity index is 1.31. The third kappa shape index (κ3) is 5.22. The molecule has 5 rings (SSSR count). The van der Waals surface area contributed by atoms with Crippen LogP contribution in [0, 0.1) is 5.92 Å². The number of aromatic nitrogens is 3. The minimum absolute atomic E-state index is 0.125. The van der Waals surface area contributed by atoms with Crippen LogP contribution in [-0.2, 0) is 18.2 Å². The van der Waals surface area contributed by atoms with Gasteiger partial charge in [-0.2, -0.15) is 5.10 Å². The minimum Gasteiger partial charge on any atom is -0.379 e. The third-order valence-corrected chi connectivity index (χ3v) is 6.17. The SMILES string of the molecule is Cn1ccc(C(=O)Nc2ccccc2C(=O)N2CCOC[C@@H](Cc3ccc4ncccc4c3)C2)n1. The molecule has 2 aromatic carbocycles. The maximum atomic E-state index is 13.6. The van der Waals surface area contributed by atoms with Crippen LogP contribution in [0.25, 0.3) is 10.9 Å². The van der Waals surface area contributed by atoms with E-state index in [1.165, 1.54) is 5.56 Å². The number of fused-ring (bicyclic) bond motifs is 1. The number of rotatable bonds is 5. The molecule has 1 fully saturated rings. The second-order valence-corrected chi connectivity index (χ2v) is 8.80. The maximum Gasteiger partial charge on any atom is 0.276 e. The smallest absolute Gasteiger partial charge is 0.276 e. The molecule has 1 aliphatic rings. The Kier molecular flexibility index (Phi) is 6.54. The van der Waals surface area contributed by atoms with Crippen LogP contribution >= 0.6 is 0 Å². The van der Waals surface area contributed by atoms with Crippen LogP contribution in [0.2, 0.25) is 0 Å². The van der Waals surface area contributed by atoms with Crippen LogP contribution < -0.4 is 5.32 Å². The van der Waals surface area contributed by atoms with Gasteiger partial charge in [-0.15, -0.1) is 0 Å². The number of carbonyl (C=O) groups is 2. The van der Waals surface area contributed by atoms with Gasteiger partial charge in [0.1, 0.15) is 0 Å². The van der Waals surface area contributed by atoms with Gasteiger partial charge in [0.05, 0.1) is 30.0 Å². The Labute approximate surface area is 203 Å². The predicted molar refractivity (Wildman–Crippen MR) is 133 cm³/mol.